The average molecular weight is 340 g/mol. The van der Waals surface area contributed by atoms with Crippen molar-refractivity contribution in [1.82, 2.24) is 0 Å². The number of hydrogen-bond donors (Lipinski definition) is 0. The van der Waals surface area contributed by atoms with Crippen LogP contribution >= 0.6 is 31.9 Å². The molecule has 0 spiro atoms. The second-order valence-corrected chi connectivity index (χ2v) is 5.73. The summed E-state index contributed by atoms with van der Waals surface area (Å²) < 4.78 is 9.50. The Balaban J connectivity index is 2.41. The van der Waals surface area contributed by atoms with Gasteiger partial charge in [-0.15, -0.1) is 0 Å². The Morgan fingerprint density at radius 3 is 3.00 bits per heavy atom. The minimum Gasteiger partial charge on any atom is -0.469 e. The summed E-state index contributed by atoms with van der Waals surface area (Å²) >= 11 is 6.57. The monoisotopic (exact) mass is 338 g/mol. The number of methoxy groups -OCH3 is 1. The molecular weight excluding hydrogens is 332 g/mol. The summed E-state index contributed by atoms with van der Waals surface area (Å²) in [5, 5.41) is 0. The molecule has 2 aliphatic heterocycles. The van der Waals surface area contributed by atoms with Crippen LogP contribution in [0.3, 0.4) is 0 Å². The Bertz CT molecular complexity index is 365. The summed E-state index contributed by atoms with van der Waals surface area (Å²) in [5.41, 5.74) is 0. The van der Waals surface area contributed by atoms with Gasteiger partial charge < -0.3 is 9.47 Å². The van der Waals surface area contributed by atoms with Gasteiger partial charge >= 0.3 is 11.9 Å². The van der Waals surface area contributed by atoms with Crippen molar-refractivity contribution in [2.45, 2.75) is 16.8 Å². The van der Waals surface area contributed by atoms with Crippen molar-refractivity contribution in [2.24, 2.45) is 5.92 Å². The molecule has 0 aromatic heterocycles. The Morgan fingerprint density at radius 2 is 2.40 bits per heavy atom. The molecule has 0 aromatic rings. The highest BCUT2D eigenvalue weighted by Gasteiger charge is 2.57. The zero-order valence-electron chi connectivity index (χ0n) is 7.83. The number of alkyl halides is 1. The van der Waals surface area contributed by atoms with Gasteiger partial charge in [-0.25, -0.2) is 0 Å². The number of ether oxygens (including phenoxy) is 2. The maximum atomic E-state index is 11.6. The zero-order valence-corrected chi connectivity index (χ0v) is 11.0. The van der Waals surface area contributed by atoms with Crippen LogP contribution in [0.15, 0.2) is 10.6 Å². The van der Waals surface area contributed by atoms with Crippen molar-refractivity contribution in [3.8, 4) is 0 Å². The number of esters is 2. The van der Waals surface area contributed by atoms with E-state index in [1.54, 1.807) is 6.08 Å². The third kappa shape index (κ3) is 1.54. The molecule has 3 unspecified atom stereocenters. The van der Waals surface area contributed by atoms with Crippen LogP contribution in [0.4, 0.5) is 0 Å². The first-order chi connectivity index (χ1) is 6.99. The highest BCUT2D eigenvalue weighted by molar-refractivity contribution is 9.12. The van der Waals surface area contributed by atoms with Crippen molar-refractivity contribution >= 4 is 43.8 Å². The van der Waals surface area contributed by atoms with Gasteiger partial charge in [0.2, 0.25) is 0 Å². The van der Waals surface area contributed by atoms with E-state index in [0.717, 1.165) is 4.48 Å². The topological polar surface area (TPSA) is 52.6 Å². The molecule has 0 aromatic carbocycles. The van der Waals surface area contributed by atoms with Crippen molar-refractivity contribution in [3.05, 3.63) is 10.6 Å². The first-order valence-corrected chi connectivity index (χ1v) is 5.93. The summed E-state index contributed by atoms with van der Waals surface area (Å²) in [6.45, 7) is 0. The molecule has 82 valence electrons. The van der Waals surface area contributed by atoms with E-state index in [4.69, 9.17) is 4.74 Å². The molecule has 2 bridgehead atoms. The van der Waals surface area contributed by atoms with E-state index in [0.29, 0.717) is 6.42 Å². The van der Waals surface area contributed by atoms with Crippen LogP contribution in [0.2, 0.25) is 0 Å². The normalized spacial score (nSPS) is 38.3. The van der Waals surface area contributed by atoms with Gasteiger partial charge in [0.1, 0.15) is 6.10 Å². The maximum Gasteiger partial charge on any atom is 0.328 e. The van der Waals surface area contributed by atoms with E-state index in [9.17, 15) is 9.59 Å². The maximum absolute atomic E-state index is 11.6. The van der Waals surface area contributed by atoms with E-state index in [2.05, 4.69) is 36.6 Å². The van der Waals surface area contributed by atoms with Gasteiger partial charge in [0.25, 0.3) is 0 Å². The van der Waals surface area contributed by atoms with Crippen LogP contribution in [-0.2, 0) is 19.1 Å². The molecule has 6 heteroatoms. The number of carbonyl (C=O) groups excluding carboxylic acids is 2. The molecule has 2 heterocycles. The van der Waals surface area contributed by atoms with E-state index >= 15 is 0 Å². The summed E-state index contributed by atoms with van der Waals surface area (Å²) in [7, 11) is 1.31. The molecule has 1 fully saturated rings. The van der Waals surface area contributed by atoms with Crippen LogP contribution in [0.5, 0.6) is 0 Å². The summed E-state index contributed by atoms with van der Waals surface area (Å²) in [4.78, 5) is 23.1. The number of fused-ring (bicyclic) bond motifs is 2. The lowest BCUT2D eigenvalue weighted by Gasteiger charge is -2.42. The van der Waals surface area contributed by atoms with Gasteiger partial charge in [0.15, 0.2) is 4.32 Å². The number of hydrogen-bond acceptors (Lipinski definition) is 4. The smallest absolute Gasteiger partial charge is 0.328 e. The van der Waals surface area contributed by atoms with Crippen molar-refractivity contribution < 1.29 is 19.1 Å². The predicted molar refractivity (Wildman–Crippen MR) is 58.7 cm³/mol. The van der Waals surface area contributed by atoms with Gasteiger partial charge in [-0.1, -0.05) is 31.9 Å². The van der Waals surface area contributed by atoms with Gasteiger partial charge in [0.05, 0.1) is 13.0 Å². The van der Waals surface area contributed by atoms with Gasteiger partial charge in [-0.3, -0.25) is 9.59 Å². The molecule has 0 N–H and O–H groups in total. The second kappa shape index (κ2) is 3.59. The second-order valence-electron chi connectivity index (χ2n) is 3.50. The van der Waals surface area contributed by atoms with Crippen molar-refractivity contribution in [2.75, 3.05) is 7.11 Å². The molecule has 3 atom stereocenters. The molecule has 3 rings (SSSR count). The average Bonchev–Trinajstić information content (AvgIpc) is 2.19. The SMILES string of the molecule is COC(=O)C1CC2OC(=O)C1(Br)C=C2Br. The summed E-state index contributed by atoms with van der Waals surface area (Å²) in [5.74, 6) is -1.35. The number of halogens is 2. The Kier molecular flexibility index (Phi) is 2.66. The molecule has 3 aliphatic rings. The fourth-order valence-electron chi connectivity index (χ4n) is 1.83. The lowest BCUT2D eigenvalue weighted by atomic mass is 9.80. The fourth-order valence-corrected chi connectivity index (χ4v) is 3.49. The van der Waals surface area contributed by atoms with Crippen LogP contribution in [0.25, 0.3) is 0 Å². The molecule has 0 radical (unpaired) electrons. The van der Waals surface area contributed by atoms with Crippen LogP contribution in [0.1, 0.15) is 6.42 Å². The lowest BCUT2D eigenvalue weighted by molar-refractivity contribution is -0.167. The minimum atomic E-state index is -1.08. The number of carbonyl (C=O) groups is 2. The third-order valence-electron chi connectivity index (χ3n) is 2.66. The van der Waals surface area contributed by atoms with E-state index in [1.165, 1.54) is 7.11 Å². The third-order valence-corrected chi connectivity index (χ3v) is 4.51. The quantitative estimate of drug-likeness (QED) is 0.537. The molecule has 1 saturated heterocycles. The molecule has 15 heavy (non-hydrogen) atoms. The van der Waals surface area contributed by atoms with E-state index in [1.807, 2.05) is 0 Å². The van der Waals surface area contributed by atoms with Crippen LogP contribution in [-0.4, -0.2) is 29.5 Å². The minimum absolute atomic E-state index is 0.360. The fraction of sp³-hybridized carbons (Fsp3) is 0.556. The van der Waals surface area contributed by atoms with Crippen LogP contribution < -0.4 is 0 Å². The van der Waals surface area contributed by atoms with Gasteiger partial charge in [-0.2, -0.15) is 0 Å². The van der Waals surface area contributed by atoms with Crippen molar-refractivity contribution in [1.29, 1.82) is 0 Å². The van der Waals surface area contributed by atoms with Crippen molar-refractivity contribution in [3.63, 3.8) is 0 Å². The molecule has 1 aliphatic carbocycles. The highest BCUT2D eigenvalue weighted by atomic mass is 79.9. The Hall–Kier alpha value is -0.360. The largest absolute Gasteiger partial charge is 0.469 e. The predicted octanol–water partition coefficient (Wildman–Crippen LogP) is 1.52. The van der Waals surface area contributed by atoms with Gasteiger partial charge in [0, 0.05) is 10.9 Å². The molecular formula is C9H8Br2O4. The molecule has 0 amide bonds. The molecule has 0 saturated carbocycles. The Labute approximate surface area is 103 Å². The van der Waals surface area contributed by atoms with Gasteiger partial charge in [-0.05, 0) is 6.08 Å². The standard InChI is InChI=1S/C9H8Br2O4/c1-14-7(12)4-2-6-5(10)3-9(4,11)8(13)15-6/h3-4,6H,2H2,1H3. The lowest BCUT2D eigenvalue weighted by Crippen LogP contribution is -2.55. The van der Waals surface area contributed by atoms with E-state index in [-0.39, 0.29) is 6.10 Å². The summed E-state index contributed by atoms with van der Waals surface area (Å²) in [6, 6.07) is 0. The highest BCUT2D eigenvalue weighted by Crippen LogP contribution is 2.47. The molecule has 4 nitrogen and oxygen atoms in total. The van der Waals surface area contributed by atoms with E-state index < -0.39 is 22.2 Å². The van der Waals surface area contributed by atoms with Crippen LogP contribution in [0, 0.1) is 5.92 Å². The Morgan fingerprint density at radius 1 is 1.73 bits per heavy atom. The first-order valence-electron chi connectivity index (χ1n) is 4.35. The summed E-state index contributed by atoms with van der Waals surface area (Å²) in [6.07, 6.45) is 1.76. The first kappa shape index (κ1) is 11.1. The number of rotatable bonds is 1. The zero-order chi connectivity index (χ0) is 11.2.